The second kappa shape index (κ2) is 2.83. The maximum absolute atomic E-state index is 6.28. The van der Waals surface area contributed by atoms with E-state index in [4.69, 9.17) is 17.7 Å². The van der Waals surface area contributed by atoms with Crippen LogP contribution in [-0.2, 0) is 0 Å². The topological polar surface area (TPSA) is 0 Å². The fourth-order valence-electron chi connectivity index (χ4n) is 0.839. The Kier molecular flexibility index (Phi) is 2.50. The molecule has 0 fully saturated rings. The first-order valence-electron chi connectivity index (χ1n) is 3.37. The van der Waals surface area contributed by atoms with Crippen molar-refractivity contribution in [3.63, 3.8) is 0 Å². The Bertz CT molecular complexity index is 239. The van der Waals surface area contributed by atoms with E-state index in [0.717, 1.165) is 3.51 Å². The van der Waals surface area contributed by atoms with Crippen molar-refractivity contribution >= 4 is 36.3 Å². The molecule has 0 nitrogen and oxygen atoms in total. The molecule has 0 aliphatic rings. The molecule has 0 atom stereocenters. The van der Waals surface area contributed by atoms with Crippen LogP contribution in [0.1, 0.15) is 0 Å². The molecular weight excluding hydrogens is 289 g/mol. The molecule has 1 aromatic carbocycles. The molecule has 0 amide bonds. The quantitative estimate of drug-likeness (QED) is 0.699. The zero-order valence-corrected chi connectivity index (χ0v) is 10.7. The minimum atomic E-state index is -3.30. The monoisotopic (exact) mass is 298 g/mol. The van der Waals surface area contributed by atoms with E-state index < -0.39 is 15.1 Å². The molecule has 0 saturated carbocycles. The first-order valence-corrected chi connectivity index (χ1v) is 16.2. The van der Waals surface area contributed by atoms with Crippen LogP contribution < -0.4 is 3.51 Å². The molecule has 0 saturated heterocycles. The van der Waals surface area contributed by atoms with Crippen LogP contribution in [0.25, 0.3) is 0 Å². The van der Waals surface area contributed by atoms with Gasteiger partial charge >= 0.3 is 76.4 Å². The van der Waals surface area contributed by atoms with Crippen molar-refractivity contribution < 1.29 is 0 Å². The third-order valence-corrected chi connectivity index (χ3v) is 9.00. The van der Waals surface area contributed by atoms with Crippen LogP contribution in [0.5, 0.6) is 0 Å². The SMILES string of the molecule is [CH3][Sb]([CH3])([Cl])([Cl])[c]1ccccc1. The van der Waals surface area contributed by atoms with Crippen molar-refractivity contribution in [3.05, 3.63) is 30.3 Å². The van der Waals surface area contributed by atoms with Crippen molar-refractivity contribution in [2.75, 3.05) is 0 Å². The van der Waals surface area contributed by atoms with Gasteiger partial charge in [0.15, 0.2) is 0 Å². The standard InChI is InChI=1S/C6H5.2CH3.2ClH.Sb/c1-2-4-6-5-3-1;;;;;/h1-5H;2*1H3;2*1H;/q;;;;;+2/p-2. The Morgan fingerprint density at radius 3 is 1.73 bits per heavy atom. The molecule has 0 unspecified atom stereocenters. The summed E-state index contributed by atoms with van der Waals surface area (Å²) in [5.74, 6) is 0. The van der Waals surface area contributed by atoms with Crippen LogP contribution in [0.2, 0.25) is 9.74 Å². The zero-order valence-electron chi connectivity index (χ0n) is 6.59. The summed E-state index contributed by atoms with van der Waals surface area (Å²) in [4.78, 5) is 3.96. The van der Waals surface area contributed by atoms with Gasteiger partial charge in [-0.25, -0.2) is 0 Å². The van der Waals surface area contributed by atoms with Crippen molar-refractivity contribution in [2.45, 2.75) is 9.74 Å². The van der Waals surface area contributed by atoms with E-state index in [1.54, 1.807) is 0 Å². The minimum absolute atomic E-state index is 1.11. The number of halogens is 2. The summed E-state index contributed by atoms with van der Waals surface area (Å²) in [5.41, 5.74) is 0. The number of hydrogen-bond donors (Lipinski definition) is 0. The average molecular weight is 300 g/mol. The van der Waals surface area contributed by atoms with Gasteiger partial charge in [-0.05, 0) is 0 Å². The van der Waals surface area contributed by atoms with Crippen molar-refractivity contribution in [2.24, 2.45) is 0 Å². The number of rotatable bonds is 1. The molecule has 3 heteroatoms. The Balaban J connectivity index is 3.14. The summed E-state index contributed by atoms with van der Waals surface area (Å²) in [5, 5.41) is 0. The average Bonchev–Trinajstić information content (AvgIpc) is 1.86. The summed E-state index contributed by atoms with van der Waals surface area (Å²) in [6.07, 6.45) is 0. The molecule has 0 radical (unpaired) electrons. The first-order chi connectivity index (χ1) is 4.86. The van der Waals surface area contributed by atoms with Gasteiger partial charge in [0.1, 0.15) is 0 Å². The van der Waals surface area contributed by atoms with Crippen LogP contribution in [0.3, 0.4) is 0 Å². The second-order valence-corrected chi connectivity index (χ2v) is 29.7. The van der Waals surface area contributed by atoms with E-state index >= 15 is 0 Å². The third-order valence-electron chi connectivity index (χ3n) is 1.47. The zero-order chi connectivity index (χ0) is 8.56. The first kappa shape index (κ1) is 9.70. The Morgan fingerprint density at radius 2 is 1.45 bits per heavy atom. The Labute approximate surface area is 75.9 Å². The van der Waals surface area contributed by atoms with Crippen molar-refractivity contribution in [1.29, 1.82) is 0 Å². The van der Waals surface area contributed by atoms with Crippen LogP contribution >= 0.6 is 17.7 Å². The van der Waals surface area contributed by atoms with E-state index in [9.17, 15) is 0 Å². The van der Waals surface area contributed by atoms with Gasteiger partial charge in [0.25, 0.3) is 0 Å². The maximum atomic E-state index is 6.28. The molecule has 0 aliphatic heterocycles. The molecule has 0 bridgehead atoms. The molecule has 0 heterocycles. The summed E-state index contributed by atoms with van der Waals surface area (Å²) in [6.45, 7) is 0. The molecule has 1 rings (SSSR count). The number of hydrogen-bond acceptors (Lipinski definition) is 0. The Morgan fingerprint density at radius 1 is 1.00 bits per heavy atom. The van der Waals surface area contributed by atoms with Gasteiger partial charge in [0.2, 0.25) is 0 Å². The van der Waals surface area contributed by atoms with Gasteiger partial charge < -0.3 is 0 Å². The number of benzene rings is 1. The molecule has 11 heavy (non-hydrogen) atoms. The predicted molar refractivity (Wildman–Crippen MR) is 55.3 cm³/mol. The summed E-state index contributed by atoms with van der Waals surface area (Å²) >= 11 is -3.30. The molecule has 0 aromatic heterocycles. The van der Waals surface area contributed by atoms with E-state index in [0.29, 0.717) is 0 Å². The van der Waals surface area contributed by atoms with Gasteiger partial charge in [0, 0.05) is 0 Å². The third kappa shape index (κ3) is 2.86. The van der Waals surface area contributed by atoms with E-state index in [-0.39, 0.29) is 0 Å². The molecule has 62 valence electrons. The van der Waals surface area contributed by atoms with Crippen LogP contribution in [0.4, 0.5) is 0 Å². The van der Waals surface area contributed by atoms with Gasteiger partial charge in [-0.1, -0.05) is 0 Å². The van der Waals surface area contributed by atoms with Crippen molar-refractivity contribution in [1.82, 2.24) is 0 Å². The van der Waals surface area contributed by atoms with Gasteiger partial charge in [0.05, 0.1) is 0 Å². The van der Waals surface area contributed by atoms with Gasteiger partial charge in [-0.3, -0.25) is 0 Å². The van der Waals surface area contributed by atoms with Crippen LogP contribution in [-0.4, -0.2) is 15.1 Å². The van der Waals surface area contributed by atoms with Crippen LogP contribution in [0.15, 0.2) is 30.3 Å². The second-order valence-electron chi connectivity index (χ2n) is 3.14. The predicted octanol–water partition coefficient (Wildman–Crippen LogP) is 3.03. The fraction of sp³-hybridized carbons (Fsp3) is 0.250. The molecule has 0 N–H and O–H groups in total. The molecule has 0 aliphatic carbocycles. The van der Waals surface area contributed by atoms with Crippen LogP contribution in [0, 0.1) is 0 Å². The van der Waals surface area contributed by atoms with E-state index in [1.807, 2.05) is 40.1 Å². The van der Waals surface area contributed by atoms with E-state index in [1.165, 1.54) is 0 Å². The molecular formula is C8H11Cl2Sb. The summed E-state index contributed by atoms with van der Waals surface area (Å²) in [6, 6.07) is 9.91. The fourth-order valence-corrected chi connectivity index (χ4v) is 5.19. The summed E-state index contributed by atoms with van der Waals surface area (Å²) in [7, 11) is 12.6. The van der Waals surface area contributed by atoms with Crippen molar-refractivity contribution in [3.8, 4) is 0 Å². The normalized spacial score (nSPS) is 15.5. The molecule has 0 spiro atoms. The Hall–Kier alpha value is 0.618. The van der Waals surface area contributed by atoms with Gasteiger partial charge in [-0.15, -0.1) is 0 Å². The molecule has 1 aromatic rings. The summed E-state index contributed by atoms with van der Waals surface area (Å²) < 4.78 is 1.11. The van der Waals surface area contributed by atoms with E-state index in [2.05, 4.69) is 0 Å². The van der Waals surface area contributed by atoms with Gasteiger partial charge in [-0.2, -0.15) is 0 Å².